The summed E-state index contributed by atoms with van der Waals surface area (Å²) in [7, 11) is 0. The molecule has 0 unspecified atom stereocenters. The Hall–Kier alpha value is -4.54. The first-order valence-corrected chi connectivity index (χ1v) is 14.6. The number of piperazine rings is 1. The van der Waals surface area contributed by atoms with Crippen LogP contribution in [0.2, 0.25) is 5.02 Å². The van der Waals surface area contributed by atoms with E-state index in [1.165, 1.54) is 6.20 Å². The number of ether oxygens (including phenoxy) is 1. The monoisotopic (exact) mass is 602 g/mol. The molecule has 1 fully saturated rings. The van der Waals surface area contributed by atoms with Crippen molar-refractivity contribution >= 4 is 34.5 Å². The van der Waals surface area contributed by atoms with Gasteiger partial charge in [0.25, 0.3) is 5.91 Å². The first-order chi connectivity index (χ1) is 20.7. The van der Waals surface area contributed by atoms with Crippen LogP contribution in [0.15, 0.2) is 72.6 Å². The minimum Gasteiger partial charge on any atom is -0.478 e. The highest BCUT2D eigenvalue weighted by molar-refractivity contribution is 6.32. The summed E-state index contributed by atoms with van der Waals surface area (Å²) in [6.45, 7) is 8.08. The van der Waals surface area contributed by atoms with E-state index in [-0.39, 0.29) is 11.5 Å². The zero-order chi connectivity index (χ0) is 30.5. The first kappa shape index (κ1) is 29.9. The molecule has 1 amide bonds. The fraction of sp³-hybridized carbons (Fsp3) is 0.281. The Morgan fingerprint density at radius 3 is 2.56 bits per heavy atom. The Morgan fingerprint density at radius 1 is 1.07 bits per heavy atom. The fourth-order valence-corrected chi connectivity index (χ4v) is 5.44. The number of aryl methyl sites for hydroxylation is 1. The normalized spacial score (nSPS) is 14.2. The van der Waals surface area contributed by atoms with E-state index in [2.05, 4.69) is 10.2 Å². The third-order valence-electron chi connectivity index (χ3n) is 7.43. The molecule has 1 saturated heterocycles. The number of rotatable bonds is 10. The lowest BCUT2D eigenvalue weighted by Crippen LogP contribution is -2.48. The molecule has 2 heterocycles. The molecule has 4 N–H and O–H groups in total. The lowest BCUT2D eigenvalue weighted by atomic mass is 10.1. The lowest BCUT2D eigenvalue weighted by molar-refractivity contribution is 0.0623. The van der Waals surface area contributed by atoms with Crippen molar-refractivity contribution in [2.24, 2.45) is 5.73 Å². The van der Waals surface area contributed by atoms with Gasteiger partial charge in [-0.3, -0.25) is 9.69 Å². The predicted octanol–water partition coefficient (Wildman–Crippen LogP) is 4.86. The molecular weight excluding hydrogens is 568 g/mol. The van der Waals surface area contributed by atoms with Gasteiger partial charge in [0.15, 0.2) is 0 Å². The molecule has 1 aromatic heterocycles. The van der Waals surface area contributed by atoms with Crippen LogP contribution in [0.5, 0.6) is 11.5 Å². The summed E-state index contributed by atoms with van der Waals surface area (Å²) in [5.41, 5.74) is 9.92. The maximum Gasteiger partial charge on any atom is 0.335 e. The highest BCUT2D eigenvalue weighted by atomic mass is 35.5. The minimum absolute atomic E-state index is 0.0584. The van der Waals surface area contributed by atoms with Crippen molar-refractivity contribution in [3.63, 3.8) is 0 Å². The van der Waals surface area contributed by atoms with Crippen LogP contribution in [0.1, 0.15) is 39.0 Å². The maximum atomic E-state index is 13.4. The lowest BCUT2D eigenvalue weighted by Gasteiger charge is -2.34. The number of imidazole rings is 1. The zero-order valence-electron chi connectivity index (χ0n) is 24.2. The number of nitrogens with two attached hydrogens (primary N) is 1. The molecule has 5 rings (SSSR count). The highest BCUT2D eigenvalue weighted by Gasteiger charge is 2.24. The number of likely N-dealkylation sites (N-methyl/N-ethyl adjacent to an activating group) is 1. The minimum atomic E-state index is -0.991. The number of nitrogens with one attached hydrogen (secondary N) is 1. The van der Waals surface area contributed by atoms with Gasteiger partial charge in [-0.1, -0.05) is 23.7 Å². The van der Waals surface area contributed by atoms with Crippen LogP contribution in [0.4, 0.5) is 0 Å². The van der Waals surface area contributed by atoms with Crippen molar-refractivity contribution in [2.75, 3.05) is 32.7 Å². The van der Waals surface area contributed by atoms with E-state index < -0.39 is 5.97 Å². The van der Waals surface area contributed by atoms with Gasteiger partial charge < -0.3 is 30.4 Å². The summed E-state index contributed by atoms with van der Waals surface area (Å²) in [5.74, 6) is 0.833. The summed E-state index contributed by atoms with van der Waals surface area (Å²) < 4.78 is 7.97. The Balaban J connectivity index is 1.28. The SMILES string of the molecule is CCN/C(=C\N)Cn1c(CN2CCN(C(=O)c3cccc(Oc4ccc(C)cc4Cl)c3)CC2)nc2ccc(C(=O)O)cc21. The van der Waals surface area contributed by atoms with E-state index in [1.807, 2.05) is 41.5 Å². The van der Waals surface area contributed by atoms with Gasteiger partial charge in [0, 0.05) is 50.2 Å². The molecule has 1 aliphatic rings. The van der Waals surface area contributed by atoms with E-state index in [4.69, 9.17) is 27.1 Å². The second kappa shape index (κ2) is 13.2. The quantitative estimate of drug-likeness (QED) is 0.235. The Bertz CT molecular complexity index is 1680. The summed E-state index contributed by atoms with van der Waals surface area (Å²) in [4.78, 5) is 34.0. The van der Waals surface area contributed by atoms with Gasteiger partial charge in [0.2, 0.25) is 0 Å². The number of nitrogens with zero attached hydrogens (tertiary/aromatic N) is 4. The molecule has 10 nitrogen and oxygen atoms in total. The number of carboxylic acids is 1. The van der Waals surface area contributed by atoms with Crippen LogP contribution in [0, 0.1) is 6.92 Å². The first-order valence-electron chi connectivity index (χ1n) is 14.2. The van der Waals surface area contributed by atoms with Crippen LogP contribution in [-0.2, 0) is 13.1 Å². The molecule has 0 radical (unpaired) electrons. The maximum absolute atomic E-state index is 13.4. The Labute approximate surface area is 255 Å². The summed E-state index contributed by atoms with van der Waals surface area (Å²) >= 11 is 6.33. The number of carbonyl (C=O) groups is 2. The molecule has 0 atom stereocenters. The van der Waals surface area contributed by atoms with Crippen molar-refractivity contribution in [3.05, 3.63) is 100 Å². The molecule has 11 heteroatoms. The number of hydrogen-bond donors (Lipinski definition) is 3. The molecule has 1 aliphatic heterocycles. The predicted molar refractivity (Wildman–Crippen MR) is 167 cm³/mol. The molecule has 0 spiro atoms. The summed E-state index contributed by atoms with van der Waals surface area (Å²) in [6.07, 6.45) is 1.53. The smallest absolute Gasteiger partial charge is 0.335 e. The number of benzene rings is 3. The van der Waals surface area contributed by atoms with Crippen molar-refractivity contribution in [2.45, 2.75) is 26.9 Å². The second-order valence-corrected chi connectivity index (χ2v) is 10.9. The number of hydrogen-bond acceptors (Lipinski definition) is 7. The molecule has 0 saturated carbocycles. The van der Waals surface area contributed by atoms with Gasteiger partial charge in [0.1, 0.15) is 17.3 Å². The molecule has 0 aliphatic carbocycles. The zero-order valence-corrected chi connectivity index (χ0v) is 25.0. The molecule has 3 aromatic carbocycles. The number of allylic oxidation sites excluding steroid dienone is 1. The topological polar surface area (TPSA) is 126 Å². The highest BCUT2D eigenvalue weighted by Crippen LogP contribution is 2.30. The van der Waals surface area contributed by atoms with Crippen LogP contribution in [0.25, 0.3) is 11.0 Å². The number of fused-ring (bicyclic) bond motifs is 1. The number of carbonyl (C=O) groups excluding carboxylic acids is 1. The van der Waals surface area contributed by atoms with Crippen molar-refractivity contribution in [3.8, 4) is 11.5 Å². The second-order valence-electron chi connectivity index (χ2n) is 10.5. The van der Waals surface area contributed by atoms with Crippen LogP contribution >= 0.6 is 11.6 Å². The van der Waals surface area contributed by atoms with E-state index in [0.717, 1.165) is 28.1 Å². The van der Waals surface area contributed by atoms with Gasteiger partial charge in [-0.15, -0.1) is 0 Å². The van der Waals surface area contributed by atoms with Crippen LogP contribution in [0.3, 0.4) is 0 Å². The molecule has 0 bridgehead atoms. The van der Waals surface area contributed by atoms with Gasteiger partial charge in [0.05, 0.1) is 34.7 Å². The average molecular weight is 603 g/mol. The number of aromatic carboxylic acids is 1. The number of carboxylic acid groups (broad SMARTS) is 1. The van der Waals surface area contributed by atoms with Gasteiger partial charge in [-0.2, -0.15) is 0 Å². The largest absolute Gasteiger partial charge is 0.478 e. The fourth-order valence-electron chi connectivity index (χ4n) is 5.17. The van der Waals surface area contributed by atoms with E-state index in [0.29, 0.717) is 67.9 Å². The molecule has 43 heavy (non-hydrogen) atoms. The summed E-state index contributed by atoms with van der Waals surface area (Å²) in [6, 6.07) is 17.7. The number of aromatic nitrogens is 2. The van der Waals surface area contributed by atoms with E-state index in [9.17, 15) is 14.7 Å². The third-order valence-corrected chi connectivity index (χ3v) is 7.72. The Kier molecular flexibility index (Phi) is 9.18. The van der Waals surface area contributed by atoms with Crippen molar-refractivity contribution in [1.82, 2.24) is 24.7 Å². The Morgan fingerprint density at radius 2 is 1.86 bits per heavy atom. The third kappa shape index (κ3) is 6.93. The van der Waals surface area contributed by atoms with Crippen molar-refractivity contribution < 1.29 is 19.4 Å². The average Bonchev–Trinajstić information content (AvgIpc) is 3.34. The van der Waals surface area contributed by atoms with Gasteiger partial charge >= 0.3 is 5.97 Å². The van der Waals surface area contributed by atoms with Gasteiger partial charge in [-0.25, -0.2) is 9.78 Å². The van der Waals surface area contributed by atoms with E-state index >= 15 is 0 Å². The molecule has 4 aromatic rings. The standard InChI is InChI=1S/C32H35ClN6O4/c1-3-35-24(18-34)19-39-28-17-23(32(41)42)8-9-27(28)36-30(39)20-37-11-13-38(14-12-37)31(40)22-5-4-6-25(16-22)43-29-10-7-21(2)15-26(29)33/h4-10,15-18,35H,3,11-14,19-20,34H2,1-2H3,(H,41,42)/b24-18-. The van der Waals surface area contributed by atoms with Crippen LogP contribution in [-0.4, -0.2) is 69.1 Å². The van der Waals surface area contributed by atoms with Gasteiger partial charge in [-0.05, 0) is 67.9 Å². The van der Waals surface area contributed by atoms with Crippen molar-refractivity contribution in [1.29, 1.82) is 0 Å². The molecule has 224 valence electrons. The summed E-state index contributed by atoms with van der Waals surface area (Å²) in [5, 5.41) is 13.3. The number of halogens is 1. The molecular formula is C32H35ClN6O4. The number of amides is 1. The van der Waals surface area contributed by atoms with E-state index in [1.54, 1.807) is 42.5 Å². The van der Waals surface area contributed by atoms with Crippen LogP contribution < -0.4 is 15.8 Å².